The number of halogens is 3. The lowest BCUT2D eigenvalue weighted by atomic mass is 9.93. The number of amides is 1. The second-order valence-corrected chi connectivity index (χ2v) is 6.07. The Morgan fingerprint density at radius 2 is 1.92 bits per heavy atom. The largest absolute Gasteiger partial charge is 0.359 e. The van der Waals surface area contributed by atoms with Gasteiger partial charge in [0.05, 0.1) is 12.0 Å². The monoisotopic (exact) mass is 468 g/mol. The van der Waals surface area contributed by atoms with Crippen LogP contribution in [0.5, 0.6) is 0 Å². The summed E-state index contributed by atoms with van der Waals surface area (Å²) >= 11 is 0. The lowest BCUT2D eigenvalue weighted by Gasteiger charge is -2.21. The highest BCUT2D eigenvalue weighted by molar-refractivity contribution is 14.0. The smallest absolute Gasteiger partial charge is 0.227 e. The Morgan fingerprint density at radius 3 is 2.52 bits per heavy atom. The average Bonchev–Trinajstić information content (AvgIpc) is 2.55. The molecule has 0 saturated carbocycles. The van der Waals surface area contributed by atoms with Crippen LogP contribution in [0.15, 0.2) is 23.2 Å². The van der Waals surface area contributed by atoms with Crippen LogP contribution in [0.25, 0.3) is 0 Å². The van der Waals surface area contributed by atoms with Gasteiger partial charge < -0.3 is 16.0 Å². The van der Waals surface area contributed by atoms with Crippen LogP contribution in [-0.4, -0.2) is 38.5 Å². The first-order chi connectivity index (χ1) is 11.3. The van der Waals surface area contributed by atoms with Crippen molar-refractivity contribution in [2.24, 2.45) is 10.4 Å². The number of benzene rings is 1. The highest BCUT2D eigenvalue weighted by Crippen LogP contribution is 2.15. The normalized spacial score (nSPS) is 11.5. The molecule has 0 fully saturated rings. The summed E-state index contributed by atoms with van der Waals surface area (Å²) < 4.78 is 26.7. The quantitative estimate of drug-likeness (QED) is 0.327. The van der Waals surface area contributed by atoms with Crippen molar-refractivity contribution in [1.29, 1.82) is 0 Å². The van der Waals surface area contributed by atoms with Crippen molar-refractivity contribution in [3.8, 4) is 0 Å². The standard InChI is InChI=1S/C17H26F2N4O.HI/c1-5-21-16(23-11-17(2,3)15(24)20-4)22-9-8-12-10-13(18)6-7-14(12)19;/h6-7,10H,5,8-9,11H2,1-4H3,(H,20,24)(H2,21,22,23);1H. The molecule has 1 aromatic rings. The van der Waals surface area contributed by atoms with Gasteiger partial charge in [-0.3, -0.25) is 9.79 Å². The zero-order valence-corrected chi connectivity index (χ0v) is 17.4. The third-order valence-corrected chi connectivity index (χ3v) is 3.51. The molecule has 3 N–H and O–H groups in total. The van der Waals surface area contributed by atoms with Crippen molar-refractivity contribution in [2.45, 2.75) is 27.2 Å². The number of rotatable bonds is 7. The van der Waals surface area contributed by atoms with Crippen molar-refractivity contribution in [1.82, 2.24) is 16.0 Å². The number of aliphatic imine (C=N–C) groups is 1. The first-order valence-electron chi connectivity index (χ1n) is 7.98. The van der Waals surface area contributed by atoms with E-state index in [2.05, 4.69) is 20.9 Å². The van der Waals surface area contributed by atoms with Gasteiger partial charge >= 0.3 is 0 Å². The molecule has 0 aliphatic rings. The van der Waals surface area contributed by atoms with Crippen LogP contribution < -0.4 is 16.0 Å². The molecule has 0 unspecified atom stereocenters. The molecule has 8 heteroatoms. The molecule has 1 amide bonds. The Bertz CT molecular complexity index is 594. The molecule has 0 saturated heterocycles. The number of nitrogens with zero attached hydrogens (tertiary/aromatic N) is 1. The highest BCUT2D eigenvalue weighted by atomic mass is 127. The molecule has 1 aromatic carbocycles. The summed E-state index contributed by atoms with van der Waals surface area (Å²) in [4.78, 5) is 16.2. The van der Waals surface area contributed by atoms with Crippen molar-refractivity contribution in [3.05, 3.63) is 35.4 Å². The lowest BCUT2D eigenvalue weighted by molar-refractivity contribution is -0.128. The number of guanidine groups is 1. The minimum atomic E-state index is -0.633. The lowest BCUT2D eigenvalue weighted by Crippen LogP contribution is -2.41. The van der Waals surface area contributed by atoms with Gasteiger partial charge in [-0.1, -0.05) is 0 Å². The van der Waals surface area contributed by atoms with Crippen LogP contribution in [0.2, 0.25) is 0 Å². The Kier molecular flexibility index (Phi) is 10.6. The number of carbonyl (C=O) groups is 1. The Balaban J connectivity index is 0.00000576. The van der Waals surface area contributed by atoms with E-state index >= 15 is 0 Å². The van der Waals surface area contributed by atoms with Crippen LogP contribution in [-0.2, 0) is 11.2 Å². The number of nitrogens with one attached hydrogen (secondary N) is 3. The average molecular weight is 468 g/mol. The van der Waals surface area contributed by atoms with E-state index in [1.807, 2.05) is 6.92 Å². The fraction of sp³-hybridized carbons (Fsp3) is 0.529. The summed E-state index contributed by atoms with van der Waals surface area (Å²) in [7, 11) is 1.59. The molecule has 0 radical (unpaired) electrons. The highest BCUT2D eigenvalue weighted by Gasteiger charge is 2.26. The molecule has 0 heterocycles. The summed E-state index contributed by atoms with van der Waals surface area (Å²) in [6.07, 6.45) is 0.326. The summed E-state index contributed by atoms with van der Waals surface area (Å²) in [5, 5.41) is 8.74. The molecule has 0 aliphatic carbocycles. The van der Waals surface area contributed by atoms with E-state index in [4.69, 9.17) is 0 Å². The molecule has 25 heavy (non-hydrogen) atoms. The zero-order chi connectivity index (χ0) is 18.2. The first-order valence-corrected chi connectivity index (χ1v) is 7.98. The molecular formula is C17H27F2IN4O. The van der Waals surface area contributed by atoms with Crippen molar-refractivity contribution < 1.29 is 13.6 Å². The molecule has 142 valence electrons. The molecule has 0 bridgehead atoms. The van der Waals surface area contributed by atoms with Crippen molar-refractivity contribution in [3.63, 3.8) is 0 Å². The maximum atomic E-state index is 13.6. The summed E-state index contributed by atoms with van der Waals surface area (Å²) in [5.41, 5.74) is -0.324. The van der Waals surface area contributed by atoms with E-state index < -0.39 is 17.0 Å². The van der Waals surface area contributed by atoms with Crippen LogP contribution in [0.4, 0.5) is 8.78 Å². The Hall–Kier alpha value is -1.45. The van der Waals surface area contributed by atoms with Gasteiger partial charge in [-0.15, -0.1) is 24.0 Å². The molecular weight excluding hydrogens is 441 g/mol. The molecule has 0 aromatic heterocycles. The van der Waals surface area contributed by atoms with Crippen molar-refractivity contribution >= 4 is 35.8 Å². The fourth-order valence-corrected chi connectivity index (χ4v) is 2.08. The van der Waals surface area contributed by atoms with Gasteiger partial charge in [0.2, 0.25) is 5.91 Å². The van der Waals surface area contributed by atoms with Gasteiger partial charge in [0.1, 0.15) is 11.6 Å². The van der Waals surface area contributed by atoms with Crippen molar-refractivity contribution in [2.75, 3.05) is 26.7 Å². The van der Waals surface area contributed by atoms with Crippen LogP contribution in [0.1, 0.15) is 26.3 Å². The SMILES string of the molecule is CCNC(=NCC(C)(C)C(=O)NC)NCCc1cc(F)ccc1F.I. The summed E-state index contributed by atoms with van der Waals surface area (Å²) in [6, 6.07) is 3.41. The predicted molar refractivity (Wildman–Crippen MR) is 107 cm³/mol. The van der Waals surface area contributed by atoms with Crippen LogP contribution >= 0.6 is 24.0 Å². The number of hydrogen-bond acceptors (Lipinski definition) is 2. The van der Waals surface area contributed by atoms with E-state index in [0.29, 0.717) is 37.6 Å². The fourth-order valence-electron chi connectivity index (χ4n) is 2.08. The third-order valence-electron chi connectivity index (χ3n) is 3.51. The van der Waals surface area contributed by atoms with E-state index in [9.17, 15) is 13.6 Å². The predicted octanol–water partition coefficient (Wildman–Crippen LogP) is 2.45. The Labute approximate surface area is 165 Å². The maximum Gasteiger partial charge on any atom is 0.227 e. The van der Waals surface area contributed by atoms with Crippen LogP contribution in [0.3, 0.4) is 0 Å². The summed E-state index contributed by atoms with van der Waals surface area (Å²) in [6.45, 7) is 6.89. The first kappa shape index (κ1) is 23.5. The van der Waals surface area contributed by atoms with E-state index in [1.165, 1.54) is 6.07 Å². The van der Waals surface area contributed by atoms with E-state index in [-0.39, 0.29) is 29.9 Å². The van der Waals surface area contributed by atoms with E-state index in [0.717, 1.165) is 12.1 Å². The molecule has 0 atom stereocenters. The molecule has 0 aliphatic heterocycles. The van der Waals surface area contributed by atoms with Gasteiger partial charge in [-0.05, 0) is 51.0 Å². The molecule has 5 nitrogen and oxygen atoms in total. The zero-order valence-electron chi connectivity index (χ0n) is 15.1. The van der Waals surface area contributed by atoms with E-state index in [1.54, 1.807) is 20.9 Å². The minimum Gasteiger partial charge on any atom is -0.359 e. The summed E-state index contributed by atoms with van der Waals surface area (Å²) in [5.74, 6) is -0.449. The Morgan fingerprint density at radius 1 is 1.24 bits per heavy atom. The second kappa shape index (κ2) is 11.2. The topological polar surface area (TPSA) is 65.5 Å². The van der Waals surface area contributed by atoms with Gasteiger partial charge in [0.15, 0.2) is 5.96 Å². The molecule has 1 rings (SSSR count). The van der Waals surface area contributed by atoms with Gasteiger partial charge in [-0.2, -0.15) is 0 Å². The minimum absolute atomic E-state index is 0. The van der Waals surface area contributed by atoms with Gasteiger partial charge in [0, 0.05) is 20.1 Å². The molecule has 0 spiro atoms. The number of carbonyl (C=O) groups excluding carboxylic acids is 1. The third kappa shape index (κ3) is 7.98. The van der Waals surface area contributed by atoms with Gasteiger partial charge in [-0.25, -0.2) is 8.78 Å². The maximum absolute atomic E-state index is 13.6. The number of hydrogen-bond donors (Lipinski definition) is 3. The van der Waals surface area contributed by atoms with Gasteiger partial charge in [0.25, 0.3) is 0 Å². The van der Waals surface area contributed by atoms with Crippen LogP contribution in [0, 0.1) is 17.0 Å². The second-order valence-electron chi connectivity index (χ2n) is 6.07.